The number of hydrogen-bond donors (Lipinski definition) is 2. The van der Waals surface area contributed by atoms with E-state index in [-0.39, 0.29) is 18.2 Å². The normalized spacial score (nSPS) is 14.0. The molecule has 0 saturated heterocycles. The van der Waals surface area contributed by atoms with Gasteiger partial charge >= 0.3 is 0 Å². The predicted molar refractivity (Wildman–Crippen MR) is 82.8 cm³/mol. The van der Waals surface area contributed by atoms with Gasteiger partial charge in [-0.2, -0.15) is 0 Å². The second-order valence-corrected chi connectivity index (χ2v) is 6.81. The van der Waals surface area contributed by atoms with Gasteiger partial charge in [0.15, 0.2) is 10.3 Å². The molecule has 21 heavy (non-hydrogen) atoms. The summed E-state index contributed by atoms with van der Waals surface area (Å²) < 4.78 is 0. The highest BCUT2D eigenvalue weighted by molar-refractivity contribution is 7.15. The van der Waals surface area contributed by atoms with Crippen LogP contribution in [0.3, 0.4) is 0 Å². The lowest BCUT2D eigenvalue weighted by Crippen LogP contribution is -2.14. The number of carbonyl (C=O) groups is 2. The molecule has 0 aliphatic heterocycles. The molecule has 8 heteroatoms. The van der Waals surface area contributed by atoms with Crippen LogP contribution in [0.5, 0.6) is 0 Å². The van der Waals surface area contributed by atoms with Gasteiger partial charge in [0.25, 0.3) is 0 Å². The van der Waals surface area contributed by atoms with Crippen molar-refractivity contribution in [2.75, 3.05) is 10.6 Å². The first kappa shape index (κ1) is 14.2. The van der Waals surface area contributed by atoms with Gasteiger partial charge in [0.05, 0.1) is 12.1 Å². The SMILES string of the molecule is CC(=O)Nc1nc(CC(=O)Nc2ncc(C3CC3)s2)cs1. The summed E-state index contributed by atoms with van der Waals surface area (Å²) in [5.41, 5.74) is 0.639. The Morgan fingerprint density at radius 3 is 2.86 bits per heavy atom. The molecule has 0 bridgehead atoms. The predicted octanol–water partition coefficient (Wildman–Crippen LogP) is 2.62. The molecule has 0 spiro atoms. The maximum Gasteiger partial charge on any atom is 0.232 e. The number of aromatic nitrogens is 2. The fourth-order valence-corrected chi connectivity index (χ4v) is 3.58. The smallest absolute Gasteiger partial charge is 0.232 e. The maximum absolute atomic E-state index is 11.9. The molecule has 6 nitrogen and oxygen atoms in total. The van der Waals surface area contributed by atoms with Gasteiger partial charge < -0.3 is 10.6 Å². The zero-order valence-corrected chi connectivity index (χ0v) is 13.0. The van der Waals surface area contributed by atoms with Crippen LogP contribution in [0.1, 0.15) is 36.3 Å². The number of thiazole rings is 2. The number of hydrogen-bond acceptors (Lipinski definition) is 6. The quantitative estimate of drug-likeness (QED) is 0.886. The van der Waals surface area contributed by atoms with Crippen molar-refractivity contribution in [3.63, 3.8) is 0 Å². The summed E-state index contributed by atoms with van der Waals surface area (Å²) in [6.45, 7) is 1.42. The van der Waals surface area contributed by atoms with E-state index in [9.17, 15) is 9.59 Å². The second kappa shape index (κ2) is 5.90. The third kappa shape index (κ3) is 3.85. The molecule has 2 amide bonds. The van der Waals surface area contributed by atoms with Crippen LogP contribution in [0.25, 0.3) is 0 Å². The molecule has 110 valence electrons. The van der Waals surface area contributed by atoms with E-state index < -0.39 is 0 Å². The van der Waals surface area contributed by atoms with Gasteiger partial charge in [-0.15, -0.1) is 22.7 Å². The fourth-order valence-electron chi connectivity index (χ4n) is 1.83. The molecule has 0 radical (unpaired) electrons. The Bertz CT molecular complexity index is 675. The third-order valence-corrected chi connectivity index (χ3v) is 4.81. The zero-order valence-electron chi connectivity index (χ0n) is 11.4. The summed E-state index contributed by atoms with van der Waals surface area (Å²) in [4.78, 5) is 32.5. The lowest BCUT2D eigenvalue weighted by atomic mass is 10.3. The third-order valence-electron chi connectivity index (χ3n) is 2.93. The van der Waals surface area contributed by atoms with E-state index in [0.29, 0.717) is 21.9 Å². The van der Waals surface area contributed by atoms with Crippen LogP contribution in [0.4, 0.5) is 10.3 Å². The highest BCUT2D eigenvalue weighted by Crippen LogP contribution is 2.43. The van der Waals surface area contributed by atoms with Gasteiger partial charge in [-0.05, 0) is 18.8 Å². The van der Waals surface area contributed by atoms with Crippen molar-refractivity contribution in [1.29, 1.82) is 0 Å². The number of carbonyl (C=O) groups excluding carboxylic acids is 2. The van der Waals surface area contributed by atoms with Crippen molar-refractivity contribution < 1.29 is 9.59 Å². The zero-order chi connectivity index (χ0) is 14.8. The van der Waals surface area contributed by atoms with Gasteiger partial charge in [-0.25, -0.2) is 9.97 Å². The van der Waals surface area contributed by atoms with E-state index in [2.05, 4.69) is 20.6 Å². The minimum atomic E-state index is -0.171. The van der Waals surface area contributed by atoms with Crippen LogP contribution in [0, 0.1) is 0 Å². The molecule has 1 aliphatic carbocycles. The highest BCUT2D eigenvalue weighted by Gasteiger charge is 2.26. The van der Waals surface area contributed by atoms with Crippen molar-refractivity contribution in [2.45, 2.75) is 32.1 Å². The molecule has 1 fully saturated rings. The summed E-state index contributed by atoms with van der Waals surface area (Å²) in [7, 11) is 0. The molecule has 2 aromatic heterocycles. The van der Waals surface area contributed by atoms with Gasteiger partial charge in [-0.3, -0.25) is 9.59 Å². The standard InChI is InChI=1S/C13H14N4O2S2/c1-7(18)15-13-16-9(6-20-13)4-11(19)17-12-14-5-10(21-12)8-2-3-8/h5-6,8H,2-4H2,1H3,(H,14,17,19)(H,15,16,18). The molecular formula is C13H14N4O2S2. The Hall–Kier alpha value is -1.80. The Kier molecular flexibility index (Phi) is 3.98. The minimum Gasteiger partial charge on any atom is -0.302 e. The van der Waals surface area contributed by atoms with Crippen LogP contribution >= 0.6 is 22.7 Å². The minimum absolute atomic E-state index is 0.147. The van der Waals surface area contributed by atoms with E-state index >= 15 is 0 Å². The molecule has 1 aliphatic rings. The second-order valence-electron chi connectivity index (χ2n) is 4.89. The van der Waals surface area contributed by atoms with Crippen molar-refractivity contribution >= 4 is 44.8 Å². The van der Waals surface area contributed by atoms with Crippen LogP contribution in [-0.2, 0) is 16.0 Å². The van der Waals surface area contributed by atoms with E-state index in [0.717, 1.165) is 0 Å². The lowest BCUT2D eigenvalue weighted by molar-refractivity contribution is -0.116. The average molecular weight is 322 g/mol. The van der Waals surface area contributed by atoms with Gasteiger partial charge in [-0.1, -0.05) is 0 Å². The lowest BCUT2D eigenvalue weighted by Gasteiger charge is -1.99. The fraction of sp³-hybridized carbons (Fsp3) is 0.385. The molecule has 0 aromatic carbocycles. The van der Waals surface area contributed by atoms with Gasteiger partial charge in [0.1, 0.15) is 0 Å². The van der Waals surface area contributed by atoms with Crippen LogP contribution in [-0.4, -0.2) is 21.8 Å². The van der Waals surface area contributed by atoms with Crippen molar-refractivity contribution in [3.8, 4) is 0 Å². The highest BCUT2D eigenvalue weighted by atomic mass is 32.1. The first-order valence-electron chi connectivity index (χ1n) is 6.57. The van der Waals surface area contributed by atoms with Crippen molar-refractivity contribution in [2.24, 2.45) is 0 Å². The number of amides is 2. The Labute approximate surface area is 129 Å². The number of nitrogens with zero attached hydrogens (tertiary/aromatic N) is 2. The molecule has 3 rings (SSSR count). The Morgan fingerprint density at radius 2 is 2.14 bits per heavy atom. The van der Waals surface area contributed by atoms with E-state index in [1.54, 1.807) is 5.38 Å². The molecule has 0 atom stereocenters. The maximum atomic E-state index is 11.9. The van der Waals surface area contributed by atoms with Crippen LogP contribution < -0.4 is 10.6 Å². The van der Waals surface area contributed by atoms with Crippen LogP contribution in [0.15, 0.2) is 11.6 Å². The Balaban J connectivity index is 1.55. The molecular weight excluding hydrogens is 308 g/mol. The summed E-state index contributed by atoms with van der Waals surface area (Å²) in [5, 5.41) is 8.30. The molecule has 2 aromatic rings. The van der Waals surface area contributed by atoms with E-state index in [4.69, 9.17) is 0 Å². The van der Waals surface area contributed by atoms with E-state index in [1.165, 1.54) is 47.3 Å². The van der Waals surface area contributed by atoms with Crippen molar-refractivity contribution in [1.82, 2.24) is 9.97 Å². The summed E-state index contributed by atoms with van der Waals surface area (Å²) in [6, 6.07) is 0. The summed E-state index contributed by atoms with van der Waals surface area (Å²) in [5.74, 6) is 0.328. The van der Waals surface area contributed by atoms with Gasteiger partial charge in [0.2, 0.25) is 11.8 Å². The van der Waals surface area contributed by atoms with Crippen LogP contribution in [0.2, 0.25) is 0 Å². The molecule has 1 saturated carbocycles. The molecule has 2 heterocycles. The van der Waals surface area contributed by atoms with Crippen molar-refractivity contribution in [3.05, 3.63) is 22.1 Å². The average Bonchev–Trinajstić information content (AvgIpc) is 3.02. The molecule has 2 N–H and O–H groups in total. The largest absolute Gasteiger partial charge is 0.302 e. The topological polar surface area (TPSA) is 84.0 Å². The summed E-state index contributed by atoms with van der Waals surface area (Å²) in [6.07, 6.45) is 4.46. The summed E-state index contributed by atoms with van der Waals surface area (Å²) >= 11 is 2.84. The number of anilines is 2. The first-order chi connectivity index (χ1) is 10.1. The van der Waals surface area contributed by atoms with Gasteiger partial charge in [0, 0.05) is 23.4 Å². The monoisotopic (exact) mass is 322 g/mol. The van der Waals surface area contributed by atoms with E-state index in [1.807, 2.05) is 6.20 Å². The molecule has 0 unspecified atom stereocenters. The number of rotatable bonds is 5. The number of nitrogens with one attached hydrogen (secondary N) is 2. The first-order valence-corrected chi connectivity index (χ1v) is 8.27. The Morgan fingerprint density at radius 1 is 1.33 bits per heavy atom.